The first-order valence-corrected chi connectivity index (χ1v) is 9.07. The zero-order valence-corrected chi connectivity index (χ0v) is 14.4. The number of phenols is 1. The SMILES string of the molecule is CC(=O)Nc1cc2c(cc1O)CC[C@@H]1[C@@H]2CC[C@]2(C)C(=O)CC[C@@H]12. The number of hydrogen-bond acceptors (Lipinski definition) is 3. The van der Waals surface area contributed by atoms with Gasteiger partial charge in [0.05, 0.1) is 5.69 Å². The molecule has 0 radical (unpaired) electrons. The molecule has 0 aliphatic heterocycles. The van der Waals surface area contributed by atoms with E-state index < -0.39 is 0 Å². The Hall–Kier alpha value is -1.84. The van der Waals surface area contributed by atoms with Gasteiger partial charge in [-0.05, 0) is 73.1 Å². The fourth-order valence-corrected chi connectivity index (χ4v) is 5.67. The smallest absolute Gasteiger partial charge is 0.221 e. The average molecular weight is 327 g/mol. The molecule has 3 aliphatic rings. The van der Waals surface area contributed by atoms with E-state index in [1.165, 1.54) is 18.1 Å². The molecule has 1 aromatic carbocycles. The summed E-state index contributed by atoms with van der Waals surface area (Å²) >= 11 is 0. The van der Waals surface area contributed by atoms with Crippen molar-refractivity contribution in [1.82, 2.24) is 0 Å². The molecule has 4 atom stereocenters. The van der Waals surface area contributed by atoms with Gasteiger partial charge < -0.3 is 10.4 Å². The van der Waals surface area contributed by atoms with E-state index in [0.717, 1.165) is 38.5 Å². The number of hydrogen-bond donors (Lipinski definition) is 2. The van der Waals surface area contributed by atoms with Crippen LogP contribution in [0, 0.1) is 17.3 Å². The van der Waals surface area contributed by atoms with E-state index in [0.29, 0.717) is 29.2 Å². The third kappa shape index (κ3) is 2.19. The van der Waals surface area contributed by atoms with Gasteiger partial charge in [0.2, 0.25) is 5.91 Å². The van der Waals surface area contributed by atoms with Gasteiger partial charge in [-0.2, -0.15) is 0 Å². The van der Waals surface area contributed by atoms with Crippen LogP contribution in [0.25, 0.3) is 0 Å². The maximum Gasteiger partial charge on any atom is 0.221 e. The van der Waals surface area contributed by atoms with E-state index in [1.807, 2.05) is 12.1 Å². The number of amides is 1. The predicted octanol–water partition coefficient (Wildman–Crippen LogP) is 3.78. The number of ketones is 1. The molecule has 4 nitrogen and oxygen atoms in total. The lowest BCUT2D eigenvalue weighted by Gasteiger charge is -2.48. The van der Waals surface area contributed by atoms with Crippen LogP contribution in [-0.2, 0) is 16.0 Å². The van der Waals surface area contributed by atoms with Gasteiger partial charge in [0.1, 0.15) is 11.5 Å². The topological polar surface area (TPSA) is 66.4 Å². The summed E-state index contributed by atoms with van der Waals surface area (Å²) in [6.45, 7) is 3.64. The molecule has 0 heterocycles. The zero-order valence-electron chi connectivity index (χ0n) is 14.4. The number of benzene rings is 1. The Kier molecular flexibility index (Phi) is 3.48. The van der Waals surface area contributed by atoms with Crippen LogP contribution in [0.5, 0.6) is 5.75 Å². The monoisotopic (exact) mass is 327 g/mol. The van der Waals surface area contributed by atoms with Crippen LogP contribution >= 0.6 is 0 Å². The Balaban J connectivity index is 1.71. The quantitative estimate of drug-likeness (QED) is 0.772. The molecule has 0 unspecified atom stereocenters. The lowest BCUT2D eigenvalue weighted by Crippen LogP contribution is -2.42. The van der Waals surface area contributed by atoms with Crippen molar-refractivity contribution in [2.24, 2.45) is 17.3 Å². The molecule has 4 rings (SSSR count). The van der Waals surface area contributed by atoms with Gasteiger partial charge in [-0.25, -0.2) is 0 Å². The molecule has 0 saturated heterocycles. The van der Waals surface area contributed by atoms with Crippen molar-refractivity contribution < 1.29 is 14.7 Å². The first-order chi connectivity index (χ1) is 11.4. The normalized spacial score (nSPS) is 34.2. The molecule has 2 saturated carbocycles. The summed E-state index contributed by atoms with van der Waals surface area (Å²) in [6.07, 6.45) is 5.82. The second-order valence-corrected chi connectivity index (χ2v) is 8.08. The van der Waals surface area contributed by atoms with Crippen LogP contribution < -0.4 is 5.32 Å². The van der Waals surface area contributed by atoms with Crippen molar-refractivity contribution >= 4 is 17.4 Å². The summed E-state index contributed by atoms with van der Waals surface area (Å²) in [4.78, 5) is 23.8. The summed E-state index contributed by atoms with van der Waals surface area (Å²) in [7, 11) is 0. The second kappa shape index (κ2) is 5.33. The Morgan fingerprint density at radius 2 is 2.04 bits per heavy atom. The summed E-state index contributed by atoms with van der Waals surface area (Å²) < 4.78 is 0. The molecular weight excluding hydrogens is 302 g/mol. The van der Waals surface area contributed by atoms with Crippen LogP contribution in [0.2, 0.25) is 0 Å². The van der Waals surface area contributed by atoms with Crippen LogP contribution in [0.15, 0.2) is 12.1 Å². The first-order valence-electron chi connectivity index (χ1n) is 9.07. The number of fused-ring (bicyclic) bond motifs is 5. The molecule has 4 heteroatoms. The minimum atomic E-state index is -0.171. The van der Waals surface area contributed by atoms with Crippen molar-refractivity contribution in [2.45, 2.75) is 58.3 Å². The van der Waals surface area contributed by atoms with Crippen molar-refractivity contribution in [3.63, 3.8) is 0 Å². The molecule has 1 aromatic rings. The van der Waals surface area contributed by atoms with Crippen LogP contribution in [0.4, 0.5) is 5.69 Å². The number of anilines is 1. The molecule has 3 aliphatic carbocycles. The first kappa shape index (κ1) is 15.7. The highest BCUT2D eigenvalue weighted by Crippen LogP contribution is 2.59. The van der Waals surface area contributed by atoms with E-state index >= 15 is 0 Å². The summed E-state index contributed by atoms with van der Waals surface area (Å²) in [6, 6.07) is 3.80. The van der Waals surface area contributed by atoms with E-state index in [1.54, 1.807) is 0 Å². The Morgan fingerprint density at radius 1 is 1.25 bits per heavy atom. The average Bonchev–Trinajstić information content (AvgIpc) is 2.83. The highest BCUT2D eigenvalue weighted by molar-refractivity contribution is 5.90. The molecular formula is C20H25NO3. The second-order valence-electron chi connectivity index (χ2n) is 8.08. The number of phenolic OH excluding ortho intramolecular Hbond substituents is 1. The third-order valence-corrected chi connectivity index (χ3v) is 6.86. The van der Waals surface area contributed by atoms with Crippen molar-refractivity contribution in [3.8, 4) is 5.75 Å². The van der Waals surface area contributed by atoms with Crippen LogP contribution in [-0.4, -0.2) is 16.8 Å². The standard InChI is InChI=1S/C20H25NO3/c1-11(22)21-17-10-15-12(9-18(17)23)3-4-14-13(15)7-8-20(2)16(14)5-6-19(20)24/h9-10,13-14,16,23H,3-8H2,1-2H3,(H,21,22)/t13-,14+,16-,20-/m0/s1. The summed E-state index contributed by atoms with van der Waals surface area (Å²) in [5.41, 5.74) is 2.87. The Labute approximate surface area is 142 Å². The van der Waals surface area contributed by atoms with Crippen molar-refractivity contribution in [2.75, 3.05) is 5.32 Å². The summed E-state index contributed by atoms with van der Waals surface area (Å²) in [5, 5.41) is 12.9. The van der Waals surface area contributed by atoms with Gasteiger partial charge >= 0.3 is 0 Å². The van der Waals surface area contributed by atoms with Gasteiger partial charge in [0, 0.05) is 18.8 Å². The van der Waals surface area contributed by atoms with E-state index in [4.69, 9.17) is 0 Å². The molecule has 1 amide bonds. The number of carbonyl (C=O) groups is 2. The number of rotatable bonds is 1. The predicted molar refractivity (Wildman–Crippen MR) is 92.0 cm³/mol. The molecule has 0 spiro atoms. The highest BCUT2D eigenvalue weighted by Gasteiger charge is 2.54. The fraction of sp³-hybridized carbons (Fsp3) is 0.600. The van der Waals surface area contributed by atoms with Crippen molar-refractivity contribution in [3.05, 3.63) is 23.3 Å². The molecule has 24 heavy (non-hydrogen) atoms. The maximum absolute atomic E-state index is 12.4. The van der Waals surface area contributed by atoms with Gasteiger partial charge in [-0.1, -0.05) is 6.92 Å². The van der Waals surface area contributed by atoms with Crippen LogP contribution in [0.3, 0.4) is 0 Å². The zero-order chi connectivity index (χ0) is 17.1. The van der Waals surface area contributed by atoms with Crippen molar-refractivity contribution in [1.29, 1.82) is 0 Å². The van der Waals surface area contributed by atoms with Gasteiger partial charge in [-0.3, -0.25) is 9.59 Å². The largest absolute Gasteiger partial charge is 0.506 e. The third-order valence-electron chi connectivity index (χ3n) is 6.86. The van der Waals surface area contributed by atoms with Gasteiger partial charge in [0.25, 0.3) is 0 Å². The molecule has 2 fully saturated rings. The van der Waals surface area contributed by atoms with E-state index in [-0.39, 0.29) is 17.1 Å². The molecule has 0 aromatic heterocycles. The minimum absolute atomic E-state index is 0.115. The Morgan fingerprint density at radius 3 is 2.79 bits per heavy atom. The number of carbonyl (C=O) groups excluding carboxylic acids is 2. The highest BCUT2D eigenvalue weighted by atomic mass is 16.3. The molecule has 128 valence electrons. The van der Waals surface area contributed by atoms with Gasteiger partial charge in [0.15, 0.2) is 0 Å². The minimum Gasteiger partial charge on any atom is -0.506 e. The van der Waals surface area contributed by atoms with Gasteiger partial charge in [-0.15, -0.1) is 0 Å². The van der Waals surface area contributed by atoms with E-state index in [9.17, 15) is 14.7 Å². The number of aromatic hydroxyl groups is 1. The lowest BCUT2D eigenvalue weighted by molar-refractivity contribution is -0.129. The molecule has 0 bridgehead atoms. The number of Topliss-reactive ketones (excluding diaryl/α,β-unsaturated/α-hetero) is 1. The van der Waals surface area contributed by atoms with E-state index in [2.05, 4.69) is 12.2 Å². The summed E-state index contributed by atoms with van der Waals surface area (Å²) in [5.74, 6) is 1.94. The maximum atomic E-state index is 12.4. The van der Waals surface area contributed by atoms with Crippen LogP contribution in [0.1, 0.15) is 63.0 Å². The number of aryl methyl sites for hydroxylation is 1. The lowest BCUT2D eigenvalue weighted by atomic mass is 9.55. The Bertz CT molecular complexity index is 726. The molecule has 2 N–H and O–H groups in total. The fourth-order valence-electron chi connectivity index (χ4n) is 5.67. The number of nitrogens with one attached hydrogen (secondary N) is 1.